The molecule has 3 heterocycles. The summed E-state index contributed by atoms with van der Waals surface area (Å²) in [5.74, 6) is 0.750. The molecule has 20 heavy (non-hydrogen) atoms. The van der Waals surface area contributed by atoms with Crippen LogP contribution in [0.15, 0.2) is 61.1 Å². The summed E-state index contributed by atoms with van der Waals surface area (Å²) in [6, 6.07) is 13.4. The normalized spacial score (nSPS) is 10.2. The number of nitrogens with zero attached hydrogens (tertiary/aromatic N) is 3. The van der Waals surface area contributed by atoms with Gasteiger partial charge in [-0.05, 0) is 24.3 Å². The highest BCUT2D eigenvalue weighted by atomic mass is 16.5. The second kappa shape index (κ2) is 5.48. The van der Waals surface area contributed by atoms with Crippen molar-refractivity contribution < 1.29 is 4.74 Å². The molecule has 3 aromatic heterocycles. The molecular formula is C16H13N3O. The zero-order chi connectivity index (χ0) is 13.8. The molecule has 4 heteroatoms. The van der Waals surface area contributed by atoms with Crippen molar-refractivity contribution in [2.24, 2.45) is 0 Å². The Labute approximate surface area is 117 Å². The van der Waals surface area contributed by atoms with Crippen LogP contribution >= 0.6 is 0 Å². The molecule has 0 N–H and O–H groups in total. The minimum absolute atomic E-state index is 0.750. The lowest BCUT2D eigenvalue weighted by molar-refractivity contribution is 0.414. The van der Waals surface area contributed by atoms with Gasteiger partial charge in [0.2, 0.25) is 0 Å². The molecule has 3 rings (SSSR count). The molecule has 0 aromatic carbocycles. The first-order valence-corrected chi connectivity index (χ1v) is 6.25. The molecule has 0 atom stereocenters. The first kappa shape index (κ1) is 12.3. The number of aromatic nitrogens is 3. The molecular weight excluding hydrogens is 250 g/mol. The lowest BCUT2D eigenvalue weighted by atomic mass is 10.1. The largest absolute Gasteiger partial charge is 0.497 e. The van der Waals surface area contributed by atoms with Gasteiger partial charge in [-0.15, -0.1) is 0 Å². The summed E-state index contributed by atoms with van der Waals surface area (Å²) in [5, 5.41) is 0. The van der Waals surface area contributed by atoms with E-state index in [4.69, 9.17) is 4.74 Å². The standard InChI is InChI=1S/C16H13N3O/c1-20-13-9-15(12-5-4-7-17-11-12)19-16(10-13)14-6-2-3-8-18-14/h2-11H,1H3. The Morgan fingerprint density at radius 1 is 0.900 bits per heavy atom. The van der Waals surface area contributed by atoms with Crippen molar-refractivity contribution in [1.29, 1.82) is 0 Å². The van der Waals surface area contributed by atoms with Crippen LogP contribution in [0.4, 0.5) is 0 Å². The second-order valence-electron chi connectivity index (χ2n) is 4.23. The third-order valence-electron chi connectivity index (χ3n) is 2.92. The Morgan fingerprint density at radius 3 is 2.50 bits per heavy atom. The second-order valence-corrected chi connectivity index (χ2v) is 4.23. The SMILES string of the molecule is COc1cc(-c2cccnc2)nc(-c2ccccn2)c1. The van der Waals surface area contributed by atoms with Gasteiger partial charge in [0.15, 0.2) is 0 Å². The molecule has 0 amide bonds. The predicted octanol–water partition coefficient (Wildman–Crippen LogP) is 3.21. The van der Waals surface area contributed by atoms with Crippen molar-refractivity contribution in [1.82, 2.24) is 15.0 Å². The summed E-state index contributed by atoms with van der Waals surface area (Å²) < 4.78 is 5.35. The van der Waals surface area contributed by atoms with Crippen LogP contribution in [0.1, 0.15) is 0 Å². The molecule has 0 aliphatic carbocycles. The minimum atomic E-state index is 0.750. The van der Waals surface area contributed by atoms with Crippen LogP contribution in [0, 0.1) is 0 Å². The topological polar surface area (TPSA) is 47.9 Å². The number of hydrogen-bond donors (Lipinski definition) is 0. The first-order valence-electron chi connectivity index (χ1n) is 6.25. The van der Waals surface area contributed by atoms with E-state index in [0.717, 1.165) is 28.4 Å². The zero-order valence-electron chi connectivity index (χ0n) is 11.0. The fraction of sp³-hybridized carbons (Fsp3) is 0.0625. The highest BCUT2D eigenvalue weighted by Gasteiger charge is 2.08. The molecule has 0 aliphatic rings. The van der Waals surface area contributed by atoms with Gasteiger partial charge in [0.1, 0.15) is 5.75 Å². The van der Waals surface area contributed by atoms with Gasteiger partial charge in [-0.3, -0.25) is 9.97 Å². The molecule has 0 aliphatic heterocycles. The quantitative estimate of drug-likeness (QED) is 0.728. The van der Waals surface area contributed by atoms with E-state index in [1.54, 1.807) is 25.7 Å². The van der Waals surface area contributed by atoms with Gasteiger partial charge in [0, 0.05) is 36.3 Å². The van der Waals surface area contributed by atoms with Crippen LogP contribution in [-0.2, 0) is 0 Å². The summed E-state index contributed by atoms with van der Waals surface area (Å²) >= 11 is 0. The smallest absolute Gasteiger partial charge is 0.123 e. The average molecular weight is 263 g/mol. The van der Waals surface area contributed by atoms with Crippen LogP contribution in [-0.4, -0.2) is 22.1 Å². The zero-order valence-corrected chi connectivity index (χ0v) is 11.0. The Kier molecular flexibility index (Phi) is 3.37. The van der Waals surface area contributed by atoms with Gasteiger partial charge in [-0.25, -0.2) is 4.98 Å². The first-order chi connectivity index (χ1) is 9.86. The molecule has 0 radical (unpaired) electrons. The lowest BCUT2D eigenvalue weighted by Gasteiger charge is -2.08. The average Bonchev–Trinajstić information content (AvgIpc) is 2.56. The van der Waals surface area contributed by atoms with E-state index in [0.29, 0.717) is 0 Å². The molecule has 0 unspecified atom stereocenters. The number of methoxy groups -OCH3 is 1. The van der Waals surface area contributed by atoms with Crippen LogP contribution < -0.4 is 4.74 Å². The predicted molar refractivity (Wildman–Crippen MR) is 77.3 cm³/mol. The fourth-order valence-electron chi connectivity index (χ4n) is 1.93. The number of pyridine rings is 3. The number of rotatable bonds is 3. The van der Waals surface area contributed by atoms with Crippen LogP contribution in [0.2, 0.25) is 0 Å². The third kappa shape index (κ3) is 2.49. The van der Waals surface area contributed by atoms with E-state index >= 15 is 0 Å². The van der Waals surface area contributed by atoms with E-state index in [9.17, 15) is 0 Å². The van der Waals surface area contributed by atoms with Crippen LogP contribution in [0.3, 0.4) is 0 Å². The summed E-state index contributed by atoms with van der Waals surface area (Å²) in [6.45, 7) is 0. The van der Waals surface area contributed by atoms with Crippen molar-refractivity contribution in [2.45, 2.75) is 0 Å². The van der Waals surface area contributed by atoms with E-state index in [-0.39, 0.29) is 0 Å². The van der Waals surface area contributed by atoms with Crippen molar-refractivity contribution in [3.05, 3.63) is 61.1 Å². The Bertz CT molecular complexity index is 642. The monoisotopic (exact) mass is 263 g/mol. The summed E-state index contributed by atoms with van der Waals surface area (Å²) in [6.07, 6.45) is 5.27. The van der Waals surface area contributed by atoms with Gasteiger partial charge in [-0.1, -0.05) is 6.07 Å². The molecule has 0 fully saturated rings. The molecule has 0 saturated carbocycles. The molecule has 0 bridgehead atoms. The highest BCUT2D eigenvalue weighted by molar-refractivity contribution is 5.66. The molecule has 0 saturated heterocycles. The molecule has 98 valence electrons. The fourth-order valence-corrected chi connectivity index (χ4v) is 1.93. The Balaban J connectivity index is 2.13. The maximum atomic E-state index is 5.35. The van der Waals surface area contributed by atoms with Crippen molar-refractivity contribution in [3.63, 3.8) is 0 Å². The van der Waals surface area contributed by atoms with E-state index in [1.165, 1.54) is 0 Å². The highest BCUT2D eigenvalue weighted by Crippen LogP contribution is 2.26. The maximum absolute atomic E-state index is 5.35. The number of hydrogen-bond acceptors (Lipinski definition) is 4. The van der Waals surface area contributed by atoms with E-state index in [1.807, 2.05) is 42.5 Å². The maximum Gasteiger partial charge on any atom is 0.123 e. The van der Waals surface area contributed by atoms with Crippen LogP contribution in [0.5, 0.6) is 5.75 Å². The lowest BCUT2D eigenvalue weighted by Crippen LogP contribution is -1.93. The number of ether oxygens (including phenoxy) is 1. The third-order valence-corrected chi connectivity index (χ3v) is 2.92. The summed E-state index contributed by atoms with van der Waals surface area (Å²) in [7, 11) is 1.64. The van der Waals surface area contributed by atoms with Gasteiger partial charge in [0.25, 0.3) is 0 Å². The Morgan fingerprint density at radius 2 is 1.80 bits per heavy atom. The minimum Gasteiger partial charge on any atom is -0.497 e. The van der Waals surface area contributed by atoms with E-state index < -0.39 is 0 Å². The summed E-state index contributed by atoms with van der Waals surface area (Å²) in [5.41, 5.74) is 3.36. The van der Waals surface area contributed by atoms with Gasteiger partial charge >= 0.3 is 0 Å². The van der Waals surface area contributed by atoms with Gasteiger partial charge in [0.05, 0.1) is 24.2 Å². The van der Waals surface area contributed by atoms with Crippen molar-refractivity contribution >= 4 is 0 Å². The Hall–Kier alpha value is -2.75. The van der Waals surface area contributed by atoms with Crippen molar-refractivity contribution in [3.8, 4) is 28.4 Å². The summed E-state index contributed by atoms with van der Waals surface area (Å²) in [4.78, 5) is 13.1. The van der Waals surface area contributed by atoms with Gasteiger partial charge in [-0.2, -0.15) is 0 Å². The van der Waals surface area contributed by atoms with Gasteiger partial charge < -0.3 is 4.74 Å². The molecule has 3 aromatic rings. The molecule has 4 nitrogen and oxygen atoms in total. The molecule has 0 spiro atoms. The van der Waals surface area contributed by atoms with Crippen LogP contribution in [0.25, 0.3) is 22.6 Å². The van der Waals surface area contributed by atoms with Crippen molar-refractivity contribution in [2.75, 3.05) is 7.11 Å². The van der Waals surface area contributed by atoms with E-state index in [2.05, 4.69) is 15.0 Å².